The van der Waals surface area contributed by atoms with Crippen LogP contribution in [0.3, 0.4) is 0 Å². The number of halogens is 3. The first kappa shape index (κ1) is 14.7. The monoisotopic (exact) mass is 296 g/mol. The molecule has 0 radical (unpaired) electrons. The van der Waals surface area contributed by atoms with Crippen LogP contribution in [0.2, 0.25) is 0 Å². The SMILES string of the molecule is NC(=O)c1cccc(Nc2ccc(F)cc2OC(F)F)c1. The standard InChI is InChI=1S/C14H11F3N2O2/c15-9-4-5-11(12(7-9)21-14(16)17)19-10-3-1-2-8(6-10)13(18)20/h1-7,14,19H,(H2,18,20). The number of carbonyl (C=O) groups is 1. The zero-order valence-electron chi connectivity index (χ0n) is 10.6. The van der Waals surface area contributed by atoms with Gasteiger partial charge in [-0.3, -0.25) is 4.79 Å². The zero-order valence-corrected chi connectivity index (χ0v) is 10.6. The first-order valence-electron chi connectivity index (χ1n) is 5.87. The van der Waals surface area contributed by atoms with Crippen LogP contribution >= 0.6 is 0 Å². The lowest BCUT2D eigenvalue weighted by molar-refractivity contribution is -0.0494. The molecular weight excluding hydrogens is 285 g/mol. The molecular formula is C14H11F3N2O2. The van der Waals surface area contributed by atoms with Crippen molar-refractivity contribution >= 4 is 17.3 Å². The predicted octanol–water partition coefficient (Wildman–Crippen LogP) is 3.27. The number of hydrogen-bond acceptors (Lipinski definition) is 3. The fourth-order valence-electron chi connectivity index (χ4n) is 1.70. The van der Waals surface area contributed by atoms with Crippen LogP contribution in [-0.4, -0.2) is 12.5 Å². The number of carbonyl (C=O) groups excluding carboxylic acids is 1. The van der Waals surface area contributed by atoms with Gasteiger partial charge in [-0.1, -0.05) is 6.07 Å². The van der Waals surface area contributed by atoms with Gasteiger partial charge in [0.15, 0.2) is 5.75 Å². The summed E-state index contributed by atoms with van der Waals surface area (Å²) in [6.45, 7) is -3.08. The molecule has 0 fully saturated rings. The lowest BCUT2D eigenvalue weighted by Crippen LogP contribution is -2.11. The van der Waals surface area contributed by atoms with Crippen LogP contribution in [-0.2, 0) is 0 Å². The molecule has 2 rings (SSSR count). The van der Waals surface area contributed by atoms with Crippen LogP contribution in [0.1, 0.15) is 10.4 Å². The molecule has 0 saturated carbocycles. The largest absolute Gasteiger partial charge is 0.432 e. The third-order valence-corrected chi connectivity index (χ3v) is 2.59. The Bertz CT molecular complexity index is 662. The average Bonchev–Trinajstić information content (AvgIpc) is 2.41. The third-order valence-electron chi connectivity index (χ3n) is 2.59. The Labute approximate surface area is 118 Å². The van der Waals surface area contributed by atoms with Crippen LogP contribution in [0.15, 0.2) is 42.5 Å². The molecule has 0 bridgehead atoms. The number of anilines is 2. The van der Waals surface area contributed by atoms with Gasteiger partial charge < -0.3 is 15.8 Å². The normalized spacial score (nSPS) is 10.5. The lowest BCUT2D eigenvalue weighted by atomic mass is 10.2. The number of primary amides is 1. The molecule has 0 aliphatic rings. The fourth-order valence-corrected chi connectivity index (χ4v) is 1.70. The Balaban J connectivity index is 2.30. The Hall–Kier alpha value is -2.70. The summed E-state index contributed by atoms with van der Waals surface area (Å²) in [5.41, 5.74) is 5.97. The summed E-state index contributed by atoms with van der Waals surface area (Å²) in [7, 11) is 0. The average molecular weight is 296 g/mol. The van der Waals surface area contributed by atoms with E-state index in [4.69, 9.17) is 5.73 Å². The second-order valence-electron chi connectivity index (χ2n) is 4.09. The summed E-state index contributed by atoms with van der Waals surface area (Å²) in [6, 6.07) is 9.31. The van der Waals surface area contributed by atoms with Gasteiger partial charge in [-0.05, 0) is 30.3 Å². The van der Waals surface area contributed by atoms with Crippen molar-refractivity contribution in [1.82, 2.24) is 0 Å². The van der Waals surface area contributed by atoms with Crippen molar-refractivity contribution in [3.8, 4) is 5.75 Å². The highest BCUT2D eigenvalue weighted by Gasteiger charge is 2.11. The lowest BCUT2D eigenvalue weighted by Gasteiger charge is -2.13. The van der Waals surface area contributed by atoms with Crippen LogP contribution in [0.5, 0.6) is 5.75 Å². The van der Waals surface area contributed by atoms with E-state index in [0.717, 1.165) is 12.1 Å². The minimum absolute atomic E-state index is 0.137. The van der Waals surface area contributed by atoms with Gasteiger partial charge in [0.2, 0.25) is 5.91 Å². The summed E-state index contributed by atoms with van der Waals surface area (Å²) in [5.74, 6) is -1.67. The van der Waals surface area contributed by atoms with E-state index in [1.54, 1.807) is 12.1 Å². The molecule has 3 N–H and O–H groups in total. The molecule has 2 aromatic rings. The number of ether oxygens (including phenoxy) is 1. The summed E-state index contributed by atoms with van der Waals surface area (Å²) >= 11 is 0. The Morgan fingerprint density at radius 1 is 1.19 bits per heavy atom. The van der Waals surface area contributed by atoms with Gasteiger partial charge in [0.1, 0.15) is 5.82 Å². The van der Waals surface area contributed by atoms with Gasteiger partial charge >= 0.3 is 6.61 Å². The quantitative estimate of drug-likeness (QED) is 0.890. The van der Waals surface area contributed by atoms with Crippen molar-refractivity contribution in [1.29, 1.82) is 0 Å². The molecule has 4 nitrogen and oxygen atoms in total. The second-order valence-corrected chi connectivity index (χ2v) is 4.09. The Morgan fingerprint density at radius 3 is 2.62 bits per heavy atom. The molecule has 110 valence electrons. The number of benzene rings is 2. The summed E-state index contributed by atoms with van der Waals surface area (Å²) in [6.07, 6.45) is 0. The van der Waals surface area contributed by atoms with Gasteiger partial charge in [-0.25, -0.2) is 4.39 Å². The smallest absolute Gasteiger partial charge is 0.387 e. The highest BCUT2D eigenvalue weighted by Crippen LogP contribution is 2.30. The van der Waals surface area contributed by atoms with E-state index in [9.17, 15) is 18.0 Å². The van der Waals surface area contributed by atoms with E-state index < -0.39 is 18.3 Å². The van der Waals surface area contributed by atoms with Crippen molar-refractivity contribution < 1.29 is 22.7 Å². The van der Waals surface area contributed by atoms with Crippen molar-refractivity contribution in [2.24, 2.45) is 5.73 Å². The summed E-state index contributed by atoms with van der Waals surface area (Å²) in [5, 5.41) is 2.77. The summed E-state index contributed by atoms with van der Waals surface area (Å²) < 4.78 is 42.0. The van der Waals surface area contributed by atoms with Gasteiger partial charge in [-0.2, -0.15) is 8.78 Å². The van der Waals surface area contributed by atoms with Crippen molar-refractivity contribution in [2.75, 3.05) is 5.32 Å². The maximum atomic E-state index is 13.1. The Morgan fingerprint density at radius 2 is 1.95 bits per heavy atom. The van der Waals surface area contributed by atoms with E-state index in [2.05, 4.69) is 10.1 Å². The van der Waals surface area contributed by atoms with E-state index in [1.807, 2.05) is 0 Å². The molecule has 0 aromatic heterocycles. The van der Waals surface area contributed by atoms with Crippen LogP contribution in [0.25, 0.3) is 0 Å². The van der Waals surface area contributed by atoms with Crippen LogP contribution in [0, 0.1) is 5.82 Å². The molecule has 0 unspecified atom stereocenters. The molecule has 0 spiro atoms. The molecule has 0 saturated heterocycles. The molecule has 0 aliphatic heterocycles. The minimum atomic E-state index is -3.08. The second kappa shape index (κ2) is 6.17. The van der Waals surface area contributed by atoms with Gasteiger partial charge in [-0.15, -0.1) is 0 Å². The maximum absolute atomic E-state index is 13.1. The van der Waals surface area contributed by atoms with Crippen molar-refractivity contribution in [3.63, 3.8) is 0 Å². The predicted molar refractivity (Wildman–Crippen MR) is 71.3 cm³/mol. The van der Waals surface area contributed by atoms with E-state index in [0.29, 0.717) is 5.69 Å². The Kier molecular flexibility index (Phi) is 4.32. The number of nitrogens with one attached hydrogen (secondary N) is 1. The molecule has 0 atom stereocenters. The van der Waals surface area contributed by atoms with E-state index in [-0.39, 0.29) is 17.0 Å². The van der Waals surface area contributed by atoms with E-state index >= 15 is 0 Å². The van der Waals surface area contributed by atoms with Gasteiger partial charge in [0.25, 0.3) is 0 Å². The highest BCUT2D eigenvalue weighted by molar-refractivity contribution is 5.94. The molecule has 1 amide bonds. The molecule has 2 aromatic carbocycles. The highest BCUT2D eigenvalue weighted by atomic mass is 19.3. The molecule has 21 heavy (non-hydrogen) atoms. The maximum Gasteiger partial charge on any atom is 0.387 e. The van der Waals surface area contributed by atoms with Crippen molar-refractivity contribution in [3.05, 3.63) is 53.8 Å². The first-order valence-corrected chi connectivity index (χ1v) is 5.87. The van der Waals surface area contributed by atoms with Crippen LogP contribution in [0.4, 0.5) is 24.5 Å². The number of nitrogens with two attached hydrogens (primary N) is 1. The first-order chi connectivity index (χ1) is 9.95. The third kappa shape index (κ3) is 3.88. The topological polar surface area (TPSA) is 64.4 Å². The fraction of sp³-hybridized carbons (Fsp3) is 0.0714. The number of hydrogen-bond donors (Lipinski definition) is 2. The summed E-state index contributed by atoms with van der Waals surface area (Å²) in [4.78, 5) is 11.1. The zero-order chi connectivity index (χ0) is 15.4. The molecule has 0 aliphatic carbocycles. The molecule has 7 heteroatoms. The molecule has 0 heterocycles. The number of alkyl halides is 2. The van der Waals surface area contributed by atoms with Crippen LogP contribution < -0.4 is 15.8 Å². The van der Waals surface area contributed by atoms with Gasteiger partial charge in [0.05, 0.1) is 5.69 Å². The van der Waals surface area contributed by atoms with Gasteiger partial charge in [0, 0.05) is 17.3 Å². The minimum Gasteiger partial charge on any atom is -0.432 e. The number of amides is 1. The number of rotatable bonds is 5. The van der Waals surface area contributed by atoms with Crippen molar-refractivity contribution in [2.45, 2.75) is 6.61 Å². The van der Waals surface area contributed by atoms with E-state index in [1.165, 1.54) is 18.2 Å².